The van der Waals surface area contributed by atoms with Crippen molar-refractivity contribution in [3.8, 4) is 0 Å². The van der Waals surface area contributed by atoms with Gasteiger partial charge in [-0.2, -0.15) is 8.42 Å². The number of benzene rings is 5. The molecule has 7 nitrogen and oxygen atoms in total. The highest BCUT2D eigenvalue weighted by Gasteiger charge is 2.42. The molecule has 0 atom stereocenters. The molecule has 0 N–H and O–H groups in total. The number of aliphatic imine (C=N–C) groups is 2. The van der Waals surface area contributed by atoms with Crippen LogP contribution in [0.3, 0.4) is 0 Å². The predicted molar refractivity (Wildman–Crippen MR) is 173 cm³/mol. The van der Waals surface area contributed by atoms with E-state index in [1.54, 1.807) is 24.3 Å². The summed E-state index contributed by atoms with van der Waals surface area (Å²) in [7, 11) is -4.09. The van der Waals surface area contributed by atoms with Gasteiger partial charge in [0.2, 0.25) is 0 Å². The van der Waals surface area contributed by atoms with Gasteiger partial charge in [0, 0.05) is 0 Å². The summed E-state index contributed by atoms with van der Waals surface area (Å²) in [6.45, 7) is 1.92. The first-order chi connectivity index (χ1) is 20.5. The molecule has 1 aliphatic rings. The highest BCUT2D eigenvalue weighted by molar-refractivity contribution is 8.02. The maximum absolute atomic E-state index is 13.9. The standard InChI is InChI=1S/C33H27N5O2S2/c1-26-22-24-31(25-23-26)42(39,40)36-41-37(29-18-10-4-11-19-29)32(34-27-14-6-2-7-15-27)33(35-28-16-8-3-9-17-28)38(41)30-20-12-5-13-21-30/h2-25H,1H3. The Hall–Kier alpha value is -4.86. The molecule has 5 aromatic carbocycles. The molecule has 9 heteroatoms. The van der Waals surface area contributed by atoms with E-state index in [1.165, 1.54) is 0 Å². The molecule has 42 heavy (non-hydrogen) atoms. The minimum absolute atomic E-state index is 0.122. The van der Waals surface area contributed by atoms with E-state index < -0.39 is 21.1 Å². The number of anilines is 2. The van der Waals surface area contributed by atoms with Gasteiger partial charge in [-0.25, -0.2) is 18.6 Å². The zero-order chi connectivity index (χ0) is 28.9. The van der Waals surface area contributed by atoms with Crippen molar-refractivity contribution in [1.29, 1.82) is 0 Å². The van der Waals surface area contributed by atoms with Gasteiger partial charge in [-0.15, -0.1) is 0 Å². The number of aryl methyl sites for hydroxylation is 1. The van der Waals surface area contributed by atoms with Crippen molar-refractivity contribution in [1.82, 2.24) is 0 Å². The van der Waals surface area contributed by atoms with Crippen LogP contribution < -0.4 is 8.61 Å². The van der Waals surface area contributed by atoms with Gasteiger partial charge >= 0.3 is 0 Å². The number of hydrogen-bond donors (Lipinski definition) is 0. The van der Waals surface area contributed by atoms with E-state index in [4.69, 9.17) is 9.98 Å². The van der Waals surface area contributed by atoms with Gasteiger partial charge in [0.25, 0.3) is 10.0 Å². The molecule has 1 heterocycles. The predicted octanol–water partition coefficient (Wildman–Crippen LogP) is 7.80. The van der Waals surface area contributed by atoms with E-state index in [2.05, 4.69) is 3.77 Å². The Morgan fingerprint density at radius 1 is 0.524 bits per heavy atom. The summed E-state index contributed by atoms with van der Waals surface area (Å²) >= 11 is -1.45. The molecule has 0 saturated carbocycles. The Morgan fingerprint density at radius 3 is 1.31 bits per heavy atom. The van der Waals surface area contributed by atoms with E-state index in [-0.39, 0.29) is 4.90 Å². The lowest BCUT2D eigenvalue weighted by Gasteiger charge is -2.22. The van der Waals surface area contributed by atoms with E-state index in [9.17, 15) is 8.42 Å². The number of rotatable bonds is 6. The quantitative estimate of drug-likeness (QED) is 0.202. The number of nitrogens with zero attached hydrogens (tertiary/aromatic N) is 5. The number of amidine groups is 2. The lowest BCUT2D eigenvalue weighted by atomic mass is 10.2. The van der Waals surface area contributed by atoms with Gasteiger partial charge in [-0.05, 0) is 67.6 Å². The molecule has 1 saturated heterocycles. The van der Waals surface area contributed by atoms with E-state index in [0.717, 1.165) is 16.9 Å². The van der Waals surface area contributed by atoms with Crippen molar-refractivity contribution < 1.29 is 8.42 Å². The van der Waals surface area contributed by atoms with Crippen molar-refractivity contribution >= 4 is 55.5 Å². The molecule has 1 aliphatic heterocycles. The largest absolute Gasteiger partial charge is 0.290 e. The third-order valence-electron chi connectivity index (χ3n) is 6.36. The van der Waals surface area contributed by atoms with Crippen molar-refractivity contribution in [3.63, 3.8) is 0 Å². The van der Waals surface area contributed by atoms with Crippen LogP contribution in [-0.4, -0.2) is 20.1 Å². The van der Waals surface area contributed by atoms with Crippen LogP contribution in [0.1, 0.15) is 5.56 Å². The molecule has 5 aromatic rings. The van der Waals surface area contributed by atoms with Crippen molar-refractivity contribution in [3.05, 3.63) is 151 Å². The molecule has 0 amide bonds. The van der Waals surface area contributed by atoms with E-state index in [0.29, 0.717) is 23.0 Å². The van der Waals surface area contributed by atoms with Gasteiger partial charge in [0.15, 0.2) is 11.7 Å². The second-order valence-electron chi connectivity index (χ2n) is 9.41. The fraction of sp³-hybridized carbons (Fsp3) is 0.0303. The fourth-order valence-electron chi connectivity index (χ4n) is 4.33. The molecular formula is C33H27N5O2S2. The minimum Gasteiger partial charge on any atom is -0.238 e. The van der Waals surface area contributed by atoms with Crippen molar-refractivity contribution in [2.24, 2.45) is 13.8 Å². The highest BCUT2D eigenvalue weighted by Crippen LogP contribution is 2.35. The Kier molecular flexibility index (Phi) is 7.76. The monoisotopic (exact) mass is 589 g/mol. The summed E-state index contributed by atoms with van der Waals surface area (Å²) in [5.74, 6) is 0.956. The summed E-state index contributed by atoms with van der Waals surface area (Å²) in [6.07, 6.45) is 0. The van der Waals surface area contributed by atoms with E-state index >= 15 is 0 Å². The first-order valence-corrected chi connectivity index (χ1v) is 15.8. The molecule has 0 aliphatic carbocycles. The van der Waals surface area contributed by atoms with Gasteiger partial charge in [0.1, 0.15) is 11.1 Å². The molecule has 0 spiro atoms. The summed E-state index contributed by atoms with van der Waals surface area (Å²) < 4.78 is 36.1. The van der Waals surface area contributed by atoms with Crippen LogP contribution in [-0.2, 0) is 21.1 Å². The number of sulfonamides is 1. The Bertz CT molecular complexity index is 1780. The molecule has 208 valence electrons. The smallest absolute Gasteiger partial charge is 0.238 e. The van der Waals surface area contributed by atoms with Crippen molar-refractivity contribution in [2.45, 2.75) is 11.8 Å². The van der Waals surface area contributed by atoms with Crippen LogP contribution in [0.25, 0.3) is 0 Å². The van der Waals surface area contributed by atoms with Gasteiger partial charge in [-0.1, -0.05) is 94.3 Å². The second-order valence-corrected chi connectivity index (χ2v) is 12.6. The zero-order valence-corrected chi connectivity index (χ0v) is 24.4. The Balaban J connectivity index is 1.68. The fourth-order valence-corrected chi connectivity index (χ4v) is 7.72. The van der Waals surface area contributed by atoms with Crippen LogP contribution in [0, 0.1) is 6.92 Å². The molecule has 0 bridgehead atoms. The normalized spacial score (nSPS) is 17.1. The molecule has 0 unspecified atom stereocenters. The van der Waals surface area contributed by atoms with E-state index in [1.807, 2.05) is 137 Å². The lowest BCUT2D eigenvalue weighted by Crippen LogP contribution is -2.29. The van der Waals surface area contributed by atoms with Gasteiger partial charge in [-0.3, -0.25) is 0 Å². The van der Waals surface area contributed by atoms with Crippen LogP contribution in [0.4, 0.5) is 22.7 Å². The number of para-hydroxylation sites is 4. The van der Waals surface area contributed by atoms with Crippen molar-refractivity contribution in [2.75, 3.05) is 8.61 Å². The highest BCUT2D eigenvalue weighted by atomic mass is 32.3. The first-order valence-electron chi connectivity index (χ1n) is 13.3. The maximum Gasteiger partial charge on any atom is 0.290 e. The molecular weight excluding hydrogens is 563 g/mol. The first kappa shape index (κ1) is 27.3. The van der Waals surface area contributed by atoms with Gasteiger partial charge < -0.3 is 0 Å². The zero-order valence-electron chi connectivity index (χ0n) is 22.7. The second kappa shape index (κ2) is 11.9. The summed E-state index contributed by atoms with van der Waals surface area (Å²) in [5.41, 5.74) is 3.84. The number of hydrogen-bond acceptors (Lipinski definition) is 4. The van der Waals surface area contributed by atoms with Crippen LogP contribution >= 0.6 is 0 Å². The molecule has 0 aromatic heterocycles. The molecule has 0 radical (unpaired) electrons. The van der Waals surface area contributed by atoms with Crippen LogP contribution in [0.2, 0.25) is 0 Å². The third kappa shape index (κ3) is 5.79. The lowest BCUT2D eigenvalue weighted by molar-refractivity contribution is 0.598. The summed E-state index contributed by atoms with van der Waals surface area (Å²) in [6, 6.07) is 45.0. The average molecular weight is 590 g/mol. The summed E-state index contributed by atoms with van der Waals surface area (Å²) in [5, 5.41) is 0. The van der Waals surface area contributed by atoms with Gasteiger partial charge in [0.05, 0.1) is 27.6 Å². The molecule has 1 fully saturated rings. The topological polar surface area (TPSA) is 77.7 Å². The Labute approximate surface area is 248 Å². The average Bonchev–Trinajstić information content (AvgIpc) is 3.30. The molecule has 6 rings (SSSR count). The minimum atomic E-state index is -4.09. The summed E-state index contributed by atoms with van der Waals surface area (Å²) in [4.78, 5) is 10.2. The SMILES string of the molecule is Cc1ccc(S(=O)(=O)N=S2N(c3ccccc3)C(=Nc3ccccc3)C(=Nc3ccccc3)N2c2ccccc2)cc1. The van der Waals surface area contributed by atoms with Crippen LogP contribution in [0.15, 0.2) is 164 Å². The Morgan fingerprint density at radius 2 is 0.905 bits per heavy atom. The third-order valence-corrected chi connectivity index (χ3v) is 9.97. The maximum atomic E-state index is 13.9. The van der Waals surface area contributed by atoms with Crippen LogP contribution in [0.5, 0.6) is 0 Å².